The van der Waals surface area contributed by atoms with Gasteiger partial charge >= 0.3 is 6.08 Å². The highest BCUT2D eigenvalue weighted by Gasteiger charge is 2.20. The summed E-state index contributed by atoms with van der Waals surface area (Å²) in [6.45, 7) is 9.35. The van der Waals surface area contributed by atoms with Gasteiger partial charge < -0.3 is 14.5 Å². The number of benzene rings is 2. The third-order valence-electron chi connectivity index (χ3n) is 5.73. The van der Waals surface area contributed by atoms with E-state index in [1.807, 2.05) is 12.1 Å². The maximum absolute atomic E-state index is 13.8. The molecule has 32 heavy (non-hydrogen) atoms. The number of aromatic nitrogens is 1. The minimum Gasteiger partial charge on any atom is -0.416 e. The molecule has 0 aliphatic rings. The standard InChI is InChI=1S/C25H28F2N2O3/c1-6-14(3)19-9-8-10-23(18(19)7-2)32-25-29-22(13-31-25)24(30)28-16(5)17-11-20(26)15(4)21(27)12-17/h8-14,16H,6-7H2,1-5H3,(H,28,30). The van der Waals surface area contributed by atoms with Crippen LogP contribution in [0.3, 0.4) is 0 Å². The lowest BCUT2D eigenvalue weighted by molar-refractivity contribution is 0.0934. The molecule has 7 heteroatoms. The Bertz CT molecular complexity index is 1090. The number of hydrogen-bond donors (Lipinski definition) is 1. The quantitative estimate of drug-likeness (QED) is 0.426. The molecule has 0 saturated heterocycles. The number of carbonyl (C=O) groups is 1. The predicted octanol–water partition coefficient (Wildman–Crippen LogP) is 6.62. The molecule has 3 aromatic rings. The number of nitrogens with zero attached hydrogens (tertiary/aromatic N) is 1. The number of ether oxygens (including phenoxy) is 1. The second kappa shape index (κ2) is 9.94. The summed E-state index contributed by atoms with van der Waals surface area (Å²) in [5.74, 6) is -0.842. The summed E-state index contributed by atoms with van der Waals surface area (Å²) in [5.41, 5.74) is 2.55. The molecule has 0 fully saturated rings. The van der Waals surface area contributed by atoms with E-state index >= 15 is 0 Å². The number of halogens is 2. The average Bonchev–Trinajstić information content (AvgIpc) is 3.25. The van der Waals surface area contributed by atoms with Gasteiger partial charge in [-0.1, -0.05) is 32.9 Å². The molecule has 1 heterocycles. The Labute approximate surface area is 186 Å². The predicted molar refractivity (Wildman–Crippen MR) is 118 cm³/mol. The largest absolute Gasteiger partial charge is 0.416 e. The van der Waals surface area contributed by atoms with E-state index in [9.17, 15) is 13.6 Å². The van der Waals surface area contributed by atoms with Gasteiger partial charge in [0.1, 0.15) is 23.6 Å². The first-order chi connectivity index (χ1) is 15.2. The Morgan fingerprint density at radius 3 is 2.50 bits per heavy atom. The van der Waals surface area contributed by atoms with Crippen LogP contribution in [0.1, 0.15) is 78.8 Å². The van der Waals surface area contributed by atoms with Crippen LogP contribution in [0.5, 0.6) is 11.8 Å². The molecule has 170 valence electrons. The lowest BCUT2D eigenvalue weighted by Crippen LogP contribution is -2.27. The zero-order valence-electron chi connectivity index (χ0n) is 19.0. The van der Waals surface area contributed by atoms with Gasteiger partial charge in [-0.05, 0) is 67.5 Å². The van der Waals surface area contributed by atoms with E-state index in [2.05, 4.69) is 37.1 Å². The van der Waals surface area contributed by atoms with Gasteiger partial charge in [0.15, 0.2) is 5.69 Å². The molecule has 2 unspecified atom stereocenters. The van der Waals surface area contributed by atoms with Crippen molar-refractivity contribution in [2.24, 2.45) is 0 Å². The van der Waals surface area contributed by atoms with Crippen LogP contribution in [0, 0.1) is 18.6 Å². The Balaban J connectivity index is 1.74. The van der Waals surface area contributed by atoms with Gasteiger partial charge in [-0.3, -0.25) is 4.79 Å². The average molecular weight is 443 g/mol. The van der Waals surface area contributed by atoms with Crippen LogP contribution in [0.2, 0.25) is 0 Å². The maximum Gasteiger partial charge on any atom is 0.399 e. The van der Waals surface area contributed by atoms with Crippen molar-refractivity contribution in [2.45, 2.75) is 59.4 Å². The van der Waals surface area contributed by atoms with Gasteiger partial charge in [0.2, 0.25) is 0 Å². The minimum absolute atomic E-state index is 0.0102. The zero-order valence-corrected chi connectivity index (χ0v) is 19.0. The Morgan fingerprint density at radius 1 is 1.19 bits per heavy atom. The second-order valence-electron chi connectivity index (χ2n) is 7.89. The minimum atomic E-state index is -0.662. The Hall–Kier alpha value is -3.22. The smallest absolute Gasteiger partial charge is 0.399 e. The number of nitrogens with one attached hydrogen (secondary N) is 1. The molecule has 1 N–H and O–H groups in total. The van der Waals surface area contributed by atoms with Crippen molar-refractivity contribution in [1.29, 1.82) is 0 Å². The summed E-state index contributed by atoms with van der Waals surface area (Å²) in [6.07, 6.45) is 2.93. The van der Waals surface area contributed by atoms with E-state index < -0.39 is 23.6 Å². The van der Waals surface area contributed by atoms with Crippen molar-refractivity contribution in [1.82, 2.24) is 10.3 Å². The number of carbonyl (C=O) groups excluding carboxylic acids is 1. The van der Waals surface area contributed by atoms with Crippen LogP contribution < -0.4 is 10.1 Å². The van der Waals surface area contributed by atoms with Gasteiger partial charge in [-0.15, -0.1) is 0 Å². The summed E-state index contributed by atoms with van der Waals surface area (Å²) in [5, 5.41) is 2.67. The van der Waals surface area contributed by atoms with Crippen LogP contribution in [-0.4, -0.2) is 10.9 Å². The molecule has 3 rings (SSSR count). The van der Waals surface area contributed by atoms with Crippen LogP contribution in [-0.2, 0) is 6.42 Å². The van der Waals surface area contributed by atoms with Crippen LogP contribution >= 0.6 is 0 Å². The molecule has 0 aliphatic heterocycles. The number of hydrogen-bond acceptors (Lipinski definition) is 4. The van der Waals surface area contributed by atoms with Crippen LogP contribution in [0.25, 0.3) is 0 Å². The van der Waals surface area contributed by atoms with Crippen LogP contribution in [0.4, 0.5) is 8.78 Å². The topological polar surface area (TPSA) is 64.4 Å². The highest BCUT2D eigenvalue weighted by atomic mass is 19.1. The first kappa shape index (κ1) is 23.4. The second-order valence-corrected chi connectivity index (χ2v) is 7.89. The van der Waals surface area contributed by atoms with Crippen molar-refractivity contribution in [2.75, 3.05) is 0 Å². The van der Waals surface area contributed by atoms with E-state index in [4.69, 9.17) is 9.15 Å². The SMILES string of the molecule is CCc1c(Oc2nc(C(=O)NC(C)c3cc(F)c(C)c(F)c3)co2)cccc1C(C)CC. The first-order valence-electron chi connectivity index (χ1n) is 10.8. The molecule has 1 amide bonds. The third kappa shape index (κ3) is 4.98. The highest BCUT2D eigenvalue weighted by molar-refractivity contribution is 5.92. The lowest BCUT2D eigenvalue weighted by Gasteiger charge is -2.16. The van der Waals surface area contributed by atoms with Gasteiger partial charge in [-0.2, -0.15) is 4.98 Å². The molecule has 2 atom stereocenters. The number of oxazole rings is 1. The highest BCUT2D eigenvalue weighted by Crippen LogP contribution is 2.33. The third-order valence-corrected chi connectivity index (χ3v) is 5.73. The fraction of sp³-hybridized carbons (Fsp3) is 0.360. The molecule has 0 aliphatic carbocycles. The first-order valence-corrected chi connectivity index (χ1v) is 10.8. The normalized spacial score (nSPS) is 13.0. The zero-order chi connectivity index (χ0) is 23.4. The van der Waals surface area contributed by atoms with Crippen LogP contribution in [0.15, 0.2) is 41.0 Å². The molecule has 0 radical (unpaired) electrons. The van der Waals surface area contributed by atoms with Gasteiger partial charge in [0, 0.05) is 5.56 Å². The van der Waals surface area contributed by atoms with E-state index in [1.165, 1.54) is 30.9 Å². The molecule has 0 spiro atoms. The van der Waals surface area contributed by atoms with Gasteiger partial charge in [0.25, 0.3) is 5.91 Å². The number of amides is 1. The molecule has 0 saturated carbocycles. The molecule has 5 nitrogen and oxygen atoms in total. The number of rotatable bonds is 8. The Morgan fingerprint density at radius 2 is 1.88 bits per heavy atom. The Kier molecular flexibility index (Phi) is 7.28. The molecule has 0 bridgehead atoms. The van der Waals surface area contributed by atoms with E-state index in [0.717, 1.165) is 18.4 Å². The maximum atomic E-state index is 13.8. The lowest BCUT2D eigenvalue weighted by atomic mass is 9.92. The van der Waals surface area contributed by atoms with Gasteiger partial charge in [0.05, 0.1) is 6.04 Å². The van der Waals surface area contributed by atoms with Crippen molar-refractivity contribution in [3.05, 3.63) is 76.2 Å². The van der Waals surface area contributed by atoms with E-state index in [-0.39, 0.29) is 17.3 Å². The fourth-order valence-electron chi connectivity index (χ4n) is 3.51. The van der Waals surface area contributed by atoms with Crippen molar-refractivity contribution in [3.8, 4) is 11.8 Å². The fourth-order valence-corrected chi connectivity index (χ4v) is 3.51. The van der Waals surface area contributed by atoms with E-state index in [0.29, 0.717) is 17.2 Å². The van der Waals surface area contributed by atoms with Gasteiger partial charge in [-0.25, -0.2) is 8.78 Å². The van der Waals surface area contributed by atoms with Crippen molar-refractivity contribution >= 4 is 5.91 Å². The monoisotopic (exact) mass is 442 g/mol. The van der Waals surface area contributed by atoms with Crippen molar-refractivity contribution in [3.63, 3.8) is 0 Å². The van der Waals surface area contributed by atoms with E-state index in [1.54, 1.807) is 6.92 Å². The summed E-state index contributed by atoms with van der Waals surface area (Å²) >= 11 is 0. The molecule has 2 aromatic carbocycles. The van der Waals surface area contributed by atoms with Crippen molar-refractivity contribution < 1.29 is 22.7 Å². The molecular formula is C25H28F2N2O3. The molecule has 1 aromatic heterocycles. The summed E-state index contributed by atoms with van der Waals surface area (Å²) < 4.78 is 38.9. The summed E-state index contributed by atoms with van der Waals surface area (Å²) in [4.78, 5) is 16.7. The summed E-state index contributed by atoms with van der Waals surface area (Å²) in [6, 6.07) is 7.64. The molecular weight excluding hydrogens is 414 g/mol. The summed E-state index contributed by atoms with van der Waals surface area (Å²) in [7, 11) is 0.